The van der Waals surface area contributed by atoms with Crippen molar-refractivity contribution in [3.63, 3.8) is 0 Å². The van der Waals surface area contributed by atoms with Crippen LogP contribution >= 0.6 is 0 Å². The van der Waals surface area contributed by atoms with Crippen LogP contribution in [0.15, 0.2) is 17.3 Å². The maximum Gasteiger partial charge on any atom is 0.173 e. The molecule has 2 heterocycles. The Balaban J connectivity index is 2.36. The van der Waals surface area contributed by atoms with Crippen molar-refractivity contribution in [1.82, 2.24) is 9.88 Å². The molecule has 1 saturated heterocycles. The molecule has 1 aliphatic rings. The van der Waals surface area contributed by atoms with E-state index >= 15 is 0 Å². The summed E-state index contributed by atoms with van der Waals surface area (Å²) in [4.78, 5) is 12.5. The van der Waals surface area contributed by atoms with E-state index in [4.69, 9.17) is 0 Å². The van der Waals surface area contributed by atoms with E-state index < -0.39 is 0 Å². The zero-order chi connectivity index (χ0) is 13.0. The maximum absolute atomic E-state index is 9.32. The van der Waals surface area contributed by atoms with Gasteiger partial charge in [0.2, 0.25) is 0 Å². The lowest BCUT2D eigenvalue weighted by molar-refractivity contribution is 0.643. The normalized spacial score (nSPS) is 15.1. The molecule has 1 fully saturated rings. The van der Waals surface area contributed by atoms with E-state index in [1.807, 2.05) is 25.1 Å². The van der Waals surface area contributed by atoms with Crippen molar-refractivity contribution in [2.45, 2.75) is 12.8 Å². The summed E-state index contributed by atoms with van der Waals surface area (Å²) < 4.78 is 0. The summed E-state index contributed by atoms with van der Waals surface area (Å²) in [6.45, 7) is 2.02. The fourth-order valence-corrected chi connectivity index (χ4v) is 2.04. The van der Waals surface area contributed by atoms with Gasteiger partial charge in [0.25, 0.3) is 0 Å². The van der Waals surface area contributed by atoms with Crippen LogP contribution in [0.5, 0.6) is 0 Å². The number of aromatic nitrogens is 1. The predicted molar refractivity (Wildman–Crippen MR) is 72.2 cm³/mol. The minimum absolute atomic E-state index is 0.496. The van der Waals surface area contributed by atoms with Gasteiger partial charge in [-0.15, -0.1) is 0 Å². The summed E-state index contributed by atoms with van der Waals surface area (Å²) in [5.41, 5.74) is 1.52. The van der Waals surface area contributed by atoms with Gasteiger partial charge in [0, 0.05) is 33.4 Å². The summed E-state index contributed by atoms with van der Waals surface area (Å²) in [5, 5.41) is 9.32. The van der Waals surface area contributed by atoms with Crippen LogP contribution in [0.25, 0.3) is 0 Å². The van der Waals surface area contributed by atoms with Crippen molar-refractivity contribution in [2.75, 3.05) is 32.1 Å². The minimum Gasteiger partial charge on any atom is -0.370 e. The molecule has 0 N–H and O–H groups in total. The highest BCUT2D eigenvalue weighted by Gasteiger charge is 2.18. The van der Waals surface area contributed by atoms with Gasteiger partial charge in [-0.2, -0.15) is 5.26 Å². The van der Waals surface area contributed by atoms with Crippen LogP contribution in [0.1, 0.15) is 18.4 Å². The lowest BCUT2D eigenvalue weighted by Crippen LogP contribution is -2.19. The highest BCUT2D eigenvalue weighted by molar-refractivity contribution is 5.70. The van der Waals surface area contributed by atoms with Crippen LogP contribution in [0, 0.1) is 11.3 Å². The van der Waals surface area contributed by atoms with Gasteiger partial charge in [0.15, 0.2) is 5.82 Å². The summed E-state index contributed by atoms with van der Waals surface area (Å²) in [7, 11) is 3.78. The SMILES string of the molecule is CN(C)C=Nc1nccc(N2CCCC2)c1C#N. The predicted octanol–water partition coefficient (Wildman–Crippen LogP) is 1.77. The van der Waals surface area contributed by atoms with Crippen LogP contribution in [-0.4, -0.2) is 43.4 Å². The van der Waals surface area contributed by atoms with Gasteiger partial charge in [0.1, 0.15) is 11.6 Å². The largest absolute Gasteiger partial charge is 0.370 e. The van der Waals surface area contributed by atoms with Gasteiger partial charge in [0.05, 0.1) is 12.0 Å². The quantitative estimate of drug-likeness (QED) is 0.599. The second-order valence-electron chi connectivity index (χ2n) is 4.54. The Morgan fingerprint density at radius 1 is 1.44 bits per heavy atom. The van der Waals surface area contributed by atoms with Gasteiger partial charge < -0.3 is 9.80 Å². The lowest BCUT2D eigenvalue weighted by Gasteiger charge is -2.19. The number of nitriles is 1. The molecular formula is C13H17N5. The molecule has 0 bridgehead atoms. The Labute approximate surface area is 107 Å². The van der Waals surface area contributed by atoms with Gasteiger partial charge in [-0.3, -0.25) is 0 Å². The maximum atomic E-state index is 9.32. The first-order chi connectivity index (χ1) is 8.72. The second-order valence-corrected chi connectivity index (χ2v) is 4.54. The number of aliphatic imine (C=N–C) groups is 1. The van der Waals surface area contributed by atoms with E-state index in [1.54, 1.807) is 12.5 Å². The Kier molecular flexibility index (Phi) is 3.78. The van der Waals surface area contributed by atoms with Crippen molar-refractivity contribution in [3.8, 4) is 6.07 Å². The molecule has 0 aromatic carbocycles. The first-order valence-corrected chi connectivity index (χ1v) is 6.07. The van der Waals surface area contributed by atoms with Crippen LogP contribution in [0.4, 0.5) is 11.5 Å². The number of nitrogens with zero attached hydrogens (tertiary/aromatic N) is 5. The third-order valence-electron chi connectivity index (χ3n) is 2.88. The van der Waals surface area contributed by atoms with Crippen LogP contribution in [0.2, 0.25) is 0 Å². The molecule has 0 amide bonds. The first kappa shape index (κ1) is 12.4. The molecule has 1 aromatic heterocycles. The number of pyridine rings is 1. The lowest BCUT2D eigenvalue weighted by atomic mass is 10.2. The standard InChI is InChI=1S/C13H17N5/c1-17(2)10-16-13-11(9-14)12(5-6-15-13)18-7-3-4-8-18/h5-6,10H,3-4,7-8H2,1-2H3. The van der Waals surface area contributed by atoms with Gasteiger partial charge in [-0.1, -0.05) is 0 Å². The number of hydrogen-bond donors (Lipinski definition) is 0. The molecule has 94 valence electrons. The van der Waals surface area contributed by atoms with E-state index in [0.29, 0.717) is 11.4 Å². The van der Waals surface area contributed by atoms with E-state index in [0.717, 1.165) is 18.8 Å². The molecule has 5 heteroatoms. The van der Waals surface area contributed by atoms with Crippen LogP contribution < -0.4 is 4.90 Å². The van der Waals surface area contributed by atoms with Crippen molar-refractivity contribution in [3.05, 3.63) is 17.8 Å². The summed E-state index contributed by atoms with van der Waals surface area (Å²) in [6, 6.07) is 4.13. The van der Waals surface area contributed by atoms with Crippen molar-refractivity contribution < 1.29 is 0 Å². The number of anilines is 1. The molecule has 18 heavy (non-hydrogen) atoms. The van der Waals surface area contributed by atoms with E-state index in [2.05, 4.69) is 20.9 Å². The fraction of sp³-hybridized carbons (Fsp3) is 0.462. The minimum atomic E-state index is 0.496. The highest BCUT2D eigenvalue weighted by atomic mass is 15.2. The molecular weight excluding hydrogens is 226 g/mol. The summed E-state index contributed by atoms with van der Waals surface area (Å²) in [5.74, 6) is 0.496. The third-order valence-corrected chi connectivity index (χ3v) is 2.88. The summed E-state index contributed by atoms with van der Waals surface area (Å²) in [6.07, 6.45) is 5.75. The van der Waals surface area contributed by atoms with E-state index in [1.165, 1.54) is 12.8 Å². The number of rotatable bonds is 3. The molecule has 0 atom stereocenters. The average molecular weight is 243 g/mol. The molecule has 0 spiro atoms. The highest BCUT2D eigenvalue weighted by Crippen LogP contribution is 2.29. The Bertz CT molecular complexity index is 481. The Morgan fingerprint density at radius 2 is 2.17 bits per heavy atom. The van der Waals surface area contributed by atoms with Gasteiger partial charge in [-0.25, -0.2) is 9.98 Å². The zero-order valence-corrected chi connectivity index (χ0v) is 10.8. The molecule has 2 rings (SSSR count). The third kappa shape index (κ3) is 2.59. The Hall–Kier alpha value is -2.09. The average Bonchev–Trinajstić information content (AvgIpc) is 2.89. The first-order valence-electron chi connectivity index (χ1n) is 6.07. The van der Waals surface area contributed by atoms with Gasteiger partial charge >= 0.3 is 0 Å². The molecule has 0 saturated carbocycles. The van der Waals surface area contributed by atoms with Crippen LogP contribution in [-0.2, 0) is 0 Å². The molecule has 1 aliphatic heterocycles. The van der Waals surface area contributed by atoms with Crippen molar-refractivity contribution >= 4 is 17.8 Å². The fourth-order valence-electron chi connectivity index (χ4n) is 2.04. The number of hydrogen-bond acceptors (Lipinski definition) is 4. The topological polar surface area (TPSA) is 55.5 Å². The monoisotopic (exact) mass is 243 g/mol. The zero-order valence-electron chi connectivity index (χ0n) is 10.8. The van der Waals surface area contributed by atoms with E-state index in [9.17, 15) is 5.26 Å². The molecule has 0 unspecified atom stereocenters. The van der Waals surface area contributed by atoms with Gasteiger partial charge in [-0.05, 0) is 18.9 Å². The van der Waals surface area contributed by atoms with Crippen molar-refractivity contribution in [2.24, 2.45) is 4.99 Å². The Morgan fingerprint density at radius 3 is 2.78 bits per heavy atom. The summed E-state index contributed by atoms with van der Waals surface area (Å²) >= 11 is 0. The van der Waals surface area contributed by atoms with E-state index in [-0.39, 0.29) is 0 Å². The molecule has 0 radical (unpaired) electrons. The second kappa shape index (κ2) is 5.50. The van der Waals surface area contributed by atoms with Crippen molar-refractivity contribution in [1.29, 1.82) is 5.26 Å². The molecule has 0 aliphatic carbocycles. The molecule has 5 nitrogen and oxygen atoms in total. The molecule has 1 aromatic rings. The van der Waals surface area contributed by atoms with Crippen LogP contribution in [0.3, 0.4) is 0 Å². The smallest absolute Gasteiger partial charge is 0.173 e.